The third-order valence-corrected chi connectivity index (χ3v) is 2.34. The molecule has 0 aliphatic carbocycles. The molecule has 0 saturated carbocycles. The molecule has 0 spiro atoms. The number of ketones is 1. The number of carbonyl (C=O) groups excluding carboxylic acids is 2. The van der Waals surface area contributed by atoms with E-state index in [1.54, 1.807) is 20.8 Å². The van der Waals surface area contributed by atoms with Crippen LogP contribution in [0.2, 0.25) is 0 Å². The largest absolute Gasteiger partial charge is 0.480 e. The van der Waals surface area contributed by atoms with E-state index in [-0.39, 0.29) is 30.7 Å². The van der Waals surface area contributed by atoms with Crippen molar-refractivity contribution in [1.82, 2.24) is 4.90 Å². The first kappa shape index (κ1) is 20.4. The second kappa shape index (κ2) is 7.58. The van der Waals surface area contributed by atoms with Gasteiger partial charge < -0.3 is 15.6 Å². The van der Waals surface area contributed by atoms with Crippen molar-refractivity contribution in [1.29, 1.82) is 0 Å². The molecule has 1 amide bonds. The Morgan fingerprint density at radius 3 is 2.05 bits per heavy atom. The first-order chi connectivity index (χ1) is 9.70. The van der Waals surface area contributed by atoms with Gasteiger partial charge in [-0.3, -0.25) is 9.69 Å². The normalized spacial score (nSPS) is 19.1. The first-order valence-corrected chi connectivity index (χ1v) is 7.23. The highest BCUT2D eigenvalue weighted by Gasteiger charge is 2.37. The summed E-state index contributed by atoms with van der Waals surface area (Å²) >= 11 is 0. The third-order valence-electron chi connectivity index (χ3n) is 2.34. The number of carboxylic acid groups (broad SMARTS) is 1. The van der Waals surface area contributed by atoms with Crippen molar-refractivity contribution in [2.45, 2.75) is 71.6 Å². The van der Waals surface area contributed by atoms with E-state index in [1.165, 1.54) is 0 Å². The Labute approximate surface area is 131 Å². The number of likely N-dealkylation sites (tertiary alicyclic amines) is 1. The number of piperidine rings is 1. The highest BCUT2D eigenvalue weighted by atomic mass is 16.6. The van der Waals surface area contributed by atoms with E-state index in [2.05, 4.69) is 0 Å². The summed E-state index contributed by atoms with van der Waals surface area (Å²) in [6, 6.07) is -1.11. The van der Waals surface area contributed by atoms with Gasteiger partial charge in [0, 0.05) is 24.9 Å². The lowest BCUT2D eigenvalue weighted by atomic mass is 10.0. The molecule has 0 bridgehead atoms. The van der Waals surface area contributed by atoms with Gasteiger partial charge in [0.1, 0.15) is 17.4 Å². The molecule has 0 aromatic carbocycles. The Morgan fingerprint density at radius 2 is 1.68 bits per heavy atom. The lowest BCUT2D eigenvalue weighted by Crippen LogP contribution is -2.51. The predicted molar refractivity (Wildman–Crippen MR) is 82.5 cm³/mol. The Balaban J connectivity index is 0.000000763. The van der Waals surface area contributed by atoms with E-state index in [0.29, 0.717) is 0 Å². The molecule has 1 atom stereocenters. The van der Waals surface area contributed by atoms with Crippen LogP contribution < -0.4 is 5.73 Å². The molecule has 1 heterocycles. The molecule has 22 heavy (non-hydrogen) atoms. The van der Waals surface area contributed by atoms with Crippen molar-refractivity contribution >= 4 is 17.8 Å². The minimum absolute atomic E-state index is 0. The molecule has 1 saturated heterocycles. The second-order valence-corrected chi connectivity index (χ2v) is 7.39. The minimum atomic E-state index is -1.18. The van der Waals surface area contributed by atoms with Crippen LogP contribution in [0.5, 0.6) is 0 Å². The maximum absolute atomic E-state index is 11.8. The number of nitrogens with zero attached hydrogens (tertiary/aromatic N) is 1. The number of hydrogen-bond donors (Lipinski definition) is 2. The fourth-order valence-corrected chi connectivity index (χ4v) is 1.59. The van der Waals surface area contributed by atoms with E-state index in [9.17, 15) is 14.4 Å². The maximum Gasteiger partial charge on any atom is 0.411 e. The second-order valence-electron chi connectivity index (χ2n) is 7.39. The average Bonchev–Trinajstić information content (AvgIpc) is 2.23. The van der Waals surface area contributed by atoms with Crippen LogP contribution in [0.15, 0.2) is 0 Å². The monoisotopic (exact) mass is 316 g/mol. The average molecular weight is 316 g/mol. The van der Waals surface area contributed by atoms with Crippen LogP contribution in [-0.2, 0) is 14.3 Å². The SMILES string of the molecule is CC(C)(C)N.CC(C)(C)OC(=O)N1CCC(=O)CC1C(=O)O. The molecular weight excluding hydrogens is 288 g/mol. The molecule has 0 radical (unpaired) electrons. The van der Waals surface area contributed by atoms with Gasteiger partial charge in [0.15, 0.2) is 0 Å². The highest BCUT2D eigenvalue weighted by molar-refractivity contribution is 5.90. The number of carboxylic acids is 1. The highest BCUT2D eigenvalue weighted by Crippen LogP contribution is 2.18. The zero-order valence-electron chi connectivity index (χ0n) is 14.3. The van der Waals surface area contributed by atoms with Crippen LogP contribution in [0.25, 0.3) is 0 Å². The number of hydrogen-bond acceptors (Lipinski definition) is 5. The number of Topliss-reactive ketones (excluding diaryl/α,β-unsaturated/α-hetero) is 1. The van der Waals surface area contributed by atoms with Crippen LogP contribution in [0.3, 0.4) is 0 Å². The zero-order chi connectivity index (χ0) is 17.7. The fourth-order valence-electron chi connectivity index (χ4n) is 1.59. The summed E-state index contributed by atoms with van der Waals surface area (Å²) < 4.78 is 5.11. The predicted octanol–water partition coefficient (Wildman–Crippen LogP) is 1.78. The Morgan fingerprint density at radius 1 is 1.23 bits per heavy atom. The Hall–Kier alpha value is -1.63. The standard InChI is InChI=1S/C11H17NO5.C4H11N/c1-11(2,3)17-10(16)12-5-4-7(13)6-8(12)9(14)15;1-4(2,3)5/h8H,4-6H2,1-3H3,(H,14,15);5H2,1-3H3. The molecule has 0 aromatic heterocycles. The summed E-state index contributed by atoms with van der Waals surface area (Å²) in [5, 5.41) is 8.97. The smallest absolute Gasteiger partial charge is 0.411 e. The summed E-state index contributed by atoms with van der Waals surface area (Å²) in [6.07, 6.45) is -0.644. The molecule has 0 aromatic rings. The van der Waals surface area contributed by atoms with E-state index < -0.39 is 23.7 Å². The number of aliphatic carboxylic acids is 1. The molecule has 3 N–H and O–H groups in total. The van der Waals surface area contributed by atoms with Gasteiger partial charge in [-0.2, -0.15) is 0 Å². The number of carbonyl (C=O) groups is 3. The lowest BCUT2D eigenvalue weighted by Gasteiger charge is -2.33. The number of ether oxygens (including phenoxy) is 1. The van der Waals surface area contributed by atoms with Crippen LogP contribution in [0.4, 0.5) is 4.79 Å². The maximum atomic E-state index is 11.8. The summed E-state index contributed by atoms with van der Waals surface area (Å²) in [4.78, 5) is 35.0. The van der Waals surface area contributed by atoms with Gasteiger partial charge in [0.25, 0.3) is 0 Å². The number of nitrogens with two attached hydrogens (primary N) is 1. The summed E-state index contributed by atoms with van der Waals surface area (Å²) in [7, 11) is 0. The van der Waals surface area contributed by atoms with Gasteiger partial charge in [0.2, 0.25) is 0 Å². The van der Waals surface area contributed by atoms with E-state index in [0.717, 1.165) is 4.90 Å². The van der Waals surface area contributed by atoms with Crippen LogP contribution >= 0.6 is 0 Å². The molecular formula is C15H28N2O5. The van der Waals surface area contributed by atoms with Crippen LogP contribution in [0, 0.1) is 0 Å². The Bertz CT molecular complexity index is 415. The van der Waals surface area contributed by atoms with Crippen LogP contribution in [-0.4, -0.2) is 51.6 Å². The van der Waals surface area contributed by atoms with Gasteiger partial charge in [0.05, 0.1) is 0 Å². The first-order valence-electron chi connectivity index (χ1n) is 7.23. The zero-order valence-corrected chi connectivity index (χ0v) is 14.3. The van der Waals surface area contributed by atoms with E-state index in [4.69, 9.17) is 15.6 Å². The molecule has 7 nitrogen and oxygen atoms in total. The number of amides is 1. The summed E-state index contributed by atoms with van der Waals surface area (Å²) in [5.41, 5.74) is 4.68. The summed E-state index contributed by atoms with van der Waals surface area (Å²) in [5.74, 6) is -1.32. The van der Waals surface area contributed by atoms with E-state index in [1.807, 2.05) is 20.8 Å². The Kier molecular flexibility index (Phi) is 7.02. The molecule has 1 unspecified atom stereocenters. The van der Waals surface area contributed by atoms with Crippen molar-refractivity contribution in [2.24, 2.45) is 5.73 Å². The van der Waals surface area contributed by atoms with Crippen molar-refractivity contribution in [3.8, 4) is 0 Å². The van der Waals surface area contributed by atoms with Gasteiger partial charge in [-0.1, -0.05) is 0 Å². The van der Waals surface area contributed by atoms with Crippen molar-refractivity contribution in [3.63, 3.8) is 0 Å². The molecule has 1 fully saturated rings. The molecule has 1 rings (SSSR count). The van der Waals surface area contributed by atoms with Gasteiger partial charge >= 0.3 is 12.1 Å². The fraction of sp³-hybridized carbons (Fsp3) is 0.800. The van der Waals surface area contributed by atoms with Crippen LogP contribution in [0.1, 0.15) is 54.4 Å². The van der Waals surface area contributed by atoms with Crippen molar-refractivity contribution in [2.75, 3.05) is 6.54 Å². The summed E-state index contributed by atoms with van der Waals surface area (Å²) in [6.45, 7) is 11.1. The third kappa shape index (κ3) is 9.33. The van der Waals surface area contributed by atoms with Crippen molar-refractivity contribution < 1.29 is 24.2 Å². The van der Waals surface area contributed by atoms with Gasteiger partial charge in [-0.05, 0) is 41.5 Å². The van der Waals surface area contributed by atoms with Crippen molar-refractivity contribution in [3.05, 3.63) is 0 Å². The lowest BCUT2D eigenvalue weighted by molar-refractivity contribution is -0.147. The molecule has 1 aliphatic rings. The van der Waals surface area contributed by atoms with Gasteiger partial charge in [-0.15, -0.1) is 0 Å². The number of rotatable bonds is 1. The minimum Gasteiger partial charge on any atom is -0.480 e. The molecule has 128 valence electrons. The quantitative estimate of drug-likeness (QED) is 0.763. The molecule has 1 aliphatic heterocycles. The van der Waals surface area contributed by atoms with E-state index >= 15 is 0 Å². The van der Waals surface area contributed by atoms with Gasteiger partial charge in [-0.25, -0.2) is 9.59 Å². The topological polar surface area (TPSA) is 110 Å². The molecule has 7 heteroatoms.